The van der Waals surface area contributed by atoms with Crippen LogP contribution in [0.25, 0.3) is 0 Å². The van der Waals surface area contributed by atoms with Crippen molar-refractivity contribution in [3.8, 4) is 0 Å². The summed E-state index contributed by atoms with van der Waals surface area (Å²) in [4.78, 5) is 23.4. The van der Waals surface area contributed by atoms with E-state index in [-0.39, 0.29) is 11.8 Å². The van der Waals surface area contributed by atoms with E-state index in [1.54, 1.807) is 7.05 Å². The number of nitrogens with one attached hydrogen (secondary N) is 2. The second kappa shape index (κ2) is 5.44. The van der Waals surface area contributed by atoms with E-state index < -0.39 is 16.3 Å². The average molecular weight is 281 g/mol. The lowest BCUT2D eigenvalue weighted by Crippen LogP contribution is -2.47. The highest BCUT2D eigenvalue weighted by Crippen LogP contribution is 2.53. The number of hydrogen-bond donors (Lipinski definition) is 2. The molecule has 6 heteroatoms. The molecule has 1 fully saturated rings. The molecule has 0 heterocycles. The average Bonchev–Trinajstić information content (AvgIpc) is 2.85. The van der Waals surface area contributed by atoms with Crippen LogP contribution in [0.5, 0.6) is 0 Å². The number of carbonyl (C=O) groups excluding carboxylic acids is 2. The van der Waals surface area contributed by atoms with Gasteiger partial charge in [0, 0.05) is 7.05 Å². The van der Waals surface area contributed by atoms with Crippen molar-refractivity contribution in [2.24, 2.45) is 11.8 Å². The molecule has 1 rings (SSSR count). The fraction of sp³-hybridized carbons (Fsp3) is 0.818. The van der Waals surface area contributed by atoms with Gasteiger partial charge in [-0.15, -0.1) is 23.2 Å². The summed E-state index contributed by atoms with van der Waals surface area (Å²) in [5.74, 6) is -0.523. The van der Waals surface area contributed by atoms with Gasteiger partial charge in [0.25, 0.3) is 0 Å². The number of carbonyl (C=O) groups is 2. The van der Waals surface area contributed by atoms with Gasteiger partial charge < -0.3 is 10.6 Å². The predicted octanol–water partition coefficient (Wildman–Crippen LogP) is 1.46. The van der Waals surface area contributed by atoms with Gasteiger partial charge in [-0.25, -0.2) is 0 Å². The van der Waals surface area contributed by atoms with E-state index in [0.717, 1.165) is 0 Å². The second-order valence-electron chi connectivity index (χ2n) is 4.82. The van der Waals surface area contributed by atoms with Crippen molar-refractivity contribution in [2.75, 3.05) is 7.05 Å². The van der Waals surface area contributed by atoms with Crippen molar-refractivity contribution in [1.82, 2.24) is 10.6 Å². The summed E-state index contributed by atoms with van der Waals surface area (Å²) in [6.07, 6.45) is 1.04. The molecule has 0 aromatic heterocycles. The number of hydrogen-bond acceptors (Lipinski definition) is 2. The topological polar surface area (TPSA) is 58.2 Å². The highest BCUT2D eigenvalue weighted by atomic mass is 35.5. The van der Waals surface area contributed by atoms with E-state index in [0.29, 0.717) is 18.8 Å². The van der Waals surface area contributed by atoms with Gasteiger partial charge in [0.2, 0.25) is 11.8 Å². The van der Waals surface area contributed by atoms with Crippen LogP contribution >= 0.6 is 23.2 Å². The SMILES string of the molecule is CNC(=O)C(CC(C)C)NC(=O)C1CC1(Cl)Cl. The smallest absolute Gasteiger partial charge is 0.242 e. The van der Waals surface area contributed by atoms with E-state index >= 15 is 0 Å². The van der Waals surface area contributed by atoms with Crippen molar-refractivity contribution >= 4 is 35.0 Å². The quantitative estimate of drug-likeness (QED) is 0.749. The van der Waals surface area contributed by atoms with Crippen LogP contribution < -0.4 is 10.6 Å². The molecule has 0 aliphatic heterocycles. The molecule has 1 saturated carbocycles. The first-order valence-corrected chi connectivity index (χ1v) is 6.43. The molecule has 0 aromatic rings. The van der Waals surface area contributed by atoms with E-state index in [4.69, 9.17) is 23.2 Å². The maximum atomic E-state index is 11.8. The Morgan fingerprint density at radius 3 is 2.29 bits per heavy atom. The minimum atomic E-state index is -0.949. The summed E-state index contributed by atoms with van der Waals surface area (Å²) in [7, 11) is 1.55. The fourth-order valence-corrected chi connectivity index (χ4v) is 2.15. The Morgan fingerprint density at radius 2 is 1.94 bits per heavy atom. The Labute approximate surface area is 111 Å². The van der Waals surface area contributed by atoms with E-state index in [1.165, 1.54) is 0 Å². The van der Waals surface area contributed by atoms with Gasteiger partial charge in [-0.3, -0.25) is 9.59 Å². The van der Waals surface area contributed by atoms with Crippen LogP contribution in [0.4, 0.5) is 0 Å². The molecule has 2 amide bonds. The van der Waals surface area contributed by atoms with Crippen LogP contribution in [0.3, 0.4) is 0 Å². The van der Waals surface area contributed by atoms with Crippen LogP contribution in [0, 0.1) is 11.8 Å². The van der Waals surface area contributed by atoms with Crippen molar-refractivity contribution in [3.05, 3.63) is 0 Å². The zero-order valence-electron chi connectivity index (χ0n) is 10.2. The minimum absolute atomic E-state index is 0.192. The Morgan fingerprint density at radius 1 is 1.41 bits per heavy atom. The first kappa shape index (κ1) is 14.6. The highest BCUT2D eigenvalue weighted by molar-refractivity contribution is 6.52. The Hall–Kier alpha value is -0.480. The first-order valence-electron chi connectivity index (χ1n) is 5.67. The Kier molecular flexibility index (Phi) is 4.67. The molecular weight excluding hydrogens is 263 g/mol. The first-order chi connectivity index (χ1) is 7.77. The van der Waals surface area contributed by atoms with Crippen molar-refractivity contribution in [3.63, 3.8) is 0 Å². The van der Waals surface area contributed by atoms with Crippen LogP contribution in [-0.2, 0) is 9.59 Å². The van der Waals surface area contributed by atoms with Gasteiger partial charge in [0.1, 0.15) is 10.4 Å². The number of amides is 2. The Bertz CT molecular complexity index is 319. The standard InChI is InChI=1S/C11H18Cl2N2O2/c1-6(2)4-8(10(17)14-3)15-9(16)7-5-11(7,12)13/h6-8H,4-5H2,1-3H3,(H,14,17)(H,15,16). The van der Waals surface area contributed by atoms with Crippen molar-refractivity contribution < 1.29 is 9.59 Å². The predicted molar refractivity (Wildman–Crippen MR) is 68.0 cm³/mol. The van der Waals surface area contributed by atoms with Crippen molar-refractivity contribution in [2.45, 2.75) is 37.1 Å². The largest absolute Gasteiger partial charge is 0.357 e. The zero-order chi connectivity index (χ0) is 13.2. The summed E-state index contributed by atoms with van der Waals surface area (Å²) < 4.78 is -0.949. The van der Waals surface area contributed by atoms with Gasteiger partial charge in [0.05, 0.1) is 5.92 Å². The highest BCUT2D eigenvalue weighted by Gasteiger charge is 2.56. The molecule has 0 radical (unpaired) electrons. The molecule has 2 atom stereocenters. The van der Waals surface area contributed by atoms with Gasteiger partial charge >= 0.3 is 0 Å². The molecule has 1 aliphatic rings. The monoisotopic (exact) mass is 280 g/mol. The second-order valence-corrected chi connectivity index (χ2v) is 6.37. The molecule has 0 spiro atoms. The van der Waals surface area contributed by atoms with Gasteiger partial charge in [-0.1, -0.05) is 13.8 Å². The molecule has 0 bridgehead atoms. The molecule has 98 valence electrons. The minimum Gasteiger partial charge on any atom is -0.357 e. The Balaban J connectivity index is 2.54. The maximum absolute atomic E-state index is 11.8. The van der Waals surface area contributed by atoms with Crippen LogP contribution in [0.15, 0.2) is 0 Å². The lowest BCUT2D eigenvalue weighted by atomic mass is 10.0. The van der Waals surface area contributed by atoms with Crippen LogP contribution in [0.1, 0.15) is 26.7 Å². The molecular formula is C11H18Cl2N2O2. The molecule has 2 N–H and O–H groups in total. The normalized spacial score (nSPS) is 23.1. The molecule has 2 unspecified atom stereocenters. The molecule has 17 heavy (non-hydrogen) atoms. The summed E-state index contributed by atoms with van der Waals surface area (Å²) >= 11 is 11.6. The molecule has 0 aromatic carbocycles. The summed E-state index contributed by atoms with van der Waals surface area (Å²) in [5.41, 5.74) is 0. The van der Waals surface area contributed by atoms with E-state index in [9.17, 15) is 9.59 Å². The van der Waals surface area contributed by atoms with Gasteiger partial charge in [0.15, 0.2) is 0 Å². The van der Waals surface area contributed by atoms with E-state index in [1.807, 2.05) is 13.8 Å². The third-order valence-corrected chi connectivity index (χ3v) is 3.56. The lowest BCUT2D eigenvalue weighted by molar-refractivity contribution is -0.129. The molecule has 4 nitrogen and oxygen atoms in total. The summed E-state index contributed by atoms with van der Waals surface area (Å²) in [5, 5.41) is 5.23. The number of halogens is 2. The number of likely N-dealkylation sites (N-methyl/N-ethyl adjacent to an activating group) is 1. The van der Waals surface area contributed by atoms with Crippen molar-refractivity contribution in [1.29, 1.82) is 0 Å². The molecule has 1 aliphatic carbocycles. The van der Waals surface area contributed by atoms with E-state index in [2.05, 4.69) is 10.6 Å². The fourth-order valence-electron chi connectivity index (χ4n) is 1.65. The molecule has 0 saturated heterocycles. The lowest BCUT2D eigenvalue weighted by Gasteiger charge is -2.19. The zero-order valence-corrected chi connectivity index (χ0v) is 11.7. The van der Waals surface area contributed by atoms with Gasteiger partial charge in [-0.05, 0) is 18.8 Å². The third-order valence-electron chi connectivity index (χ3n) is 2.73. The van der Waals surface area contributed by atoms with Gasteiger partial charge in [-0.2, -0.15) is 0 Å². The maximum Gasteiger partial charge on any atom is 0.242 e. The third kappa shape index (κ3) is 4.03. The summed E-state index contributed by atoms with van der Waals surface area (Å²) in [6.45, 7) is 3.99. The number of rotatable bonds is 5. The summed E-state index contributed by atoms with van der Waals surface area (Å²) in [6, 6.07) is -0.516. The van der Waals surface area contributed by atoms with Crippen LogP contribution in [0.2, 0.25) is 0 Å². The number of alkyl halides is 2. The van der Waals surface area contributed by atoms with Crippen LogP contribution in [-0.4, -0.2) is 29.2 Å².